The highest BCUT2D eigenvalue weighted by Crippen LogP contribution is 2.50. The Kier molecular flexibility index (Phi) is 5.59. The summed E-state index contributed by atoms with van der Waals surface area (Å²) in [6.07, 6.45) is 2.61. The second kappa shape index (κ2) is 8.43. The number of ketones is 1. The molecule has 0 saturated carbocycles. The van der Waals surface area contributed by atoms with Gasteiger partial charge in [0.1, 0.15) is 6.04 Å². The number of Topliss-reactive ketones (excluding diaryl/α,β-unsaturated/α-hetero) is 1. The van der Waals surface area contributed by atoms with Crippen LogP contribution in [-0.4, -0.2) is 54.8 Å². The molecule has 2 aromatic rings. The summed E-state index contributed by atoms with van der Waals surface area (Å²) in [5.41, 5.74) is 3.42. The number of hydrogen-bond acceptors (Lipinski definition) is 5. The van der Waals surface area contributed by atoms with Crippen molar-refractivity contribution in [3.8, 4) is 0 Å². The summed E-state index contributed by atoms with van der Waals surface area (Å²) in [5, 5.41) is 0.534. The molecule has 3 aliphatic rings. The molecule has 0 aromatic heterocycles. The standard InChI is InChI=1S/C26H25ClN2O4/c1-15-14-20-21-22(26(32)28(25(21)31)12-5-13-33-2)23(24(30)16-8-10-17(27)11-9-16)29(20)19-7-4-3-6-18(15)19/h3-4,6-11,14,20-23H,5,12-13H2,1-2H3/t20-,21-,22-,23-/m1/s1. The number of hydrogen-bond donors (Lipinski definition) is 0. The lowest BCUT2D eigenvalue weighted by atomic mass is 9.85. The first-order valence-corrected chi connectivity index (χ1v) is 11.5. The van der Waals surface area contributed by atoms with Gasteiger partial charge in [0.15, 0.2) is 5.78 Å². The van der Waals surface area contributed by atoms with E-state index >= 15 is 0 Å². The summed E-state index contributed by atoms with van der Waals surface area (Å²) >= 11 is 6.04. The molecule has 5 rings (SSSR count). The first kappa shape index (κ1) is 21.9. The largest absolute Gasteiger partial charge is 0.385 e. The number of ether oxygens (including phenoxy) is 1. The topological polar surface area (TPSA) is 66.9 Å². The zero-order valence-electron chi connectivity index (χ0n) is 18.5. The van der Waals surface area contributed by atoms with Crippen molar-refractivity contribution >= 4 is 40.5 Å². The minimum Gasteiger partial charge on any atom is -0.385 e. The summed E-state index contributed by atoms with van der Waals surface area (Å²) in [7, 11) is 1.59. The van der Waals surface area contributed by atoms with Crippen molar-refractivity contribution in [3.63, 3.8) is 0 Å². The number of anilines is 1. The van der Waals surface area contributed by atoms with Crippen LogP contribution in [0.3, 0.4) is 0 Å². The fourth-order valence-electron chi connectivity index (χ4n) is 5.53. The summed E-state index contributed by atoms with van der Waals surface area (Å²) in [5.74, 6) is -1.97. The monoisotopic (exact) mass is 464 g/mol. The number of imide groups is 1. The molecule has 6 nitrogen and oxygen atoms in total. The number of para-hydroxylation sites is 1. The minimum absolute atomic E-state index is 0.174. The van der Waals surface area contributed by atoms with Crippen LogP contribution < -0.4 is 4.90 Å². The normalized spacial score (nSPS) is 25.6. The maximum absolute atomic E-state index is 13.9. The molecule has 2 amide bonds. The van der Waals surface area contributed by atoms with Crippen LogP contribution in [0, 0.1) is 11.8 Å². The molecule has 3 aliphatic heterocycles. The number of halogens is 1. The molecule has 0 spiro atoms. The van der Waals surface area contributed by atoms with Crippen LogP contribution in [0.15, 0.2) is 54.6 Å². The smallest absolute Gasteiger partial charge is 0.235 e. The molecule has 3 heterocycles. The van der Waals surface area contributed by atoms with E-state index in [1.807, 2.05) is 42.2 Å². The van der Waals surface area contributed by atoms with Gasteiger partial charge >= 0.3 is 0 Å². The van der Waals surface area contributed by atoms with Gasteiger partial charge in [0, 0.05) is 42.1 Å². The Labute approximate surface area is 197 Å². The predicted molar refractivity (Wildman–Crippen MR) is 126 cm³/mol. The highest BCUT2D eigenvalue weighted by Gasteiger charge is 2.64. The molecule has 0 bridgehead atoms. The highest BCUT2D eigenvalue weighted by molar-refractivity contribution is 6.30. The van der Waals surface area contributed by atoms with E-state index in [1.165, 1.54) is 4.90 Å². The Hall–Kier alpha value is -2.96. The third-order valence-corrected chi connectivity index (χ3v) is 7.23. The average Bonchev–Trinajstić information content (AvgIpc) is 3.28. The number of allylic oxidation sites excluding steroid dienone is 1. The maximum atomic E-state index is 13.9. The van der Waals surface area contributed by atoms with E-state index in [2.05, 4.69) is 0 Å². The van der Waals surface area contributed by atoms with Gasteiger partial charge in [-0.15, -0.1) is 0 Å². The van der Waals surface area contributed by atoms with E-state index in [0.717, 1.165) is 16.8 Å². The highest BCUT2D eigenvalue weighted by atomic mass is 35.5. The number of amides is 2. The summed E-state index contributed by atoms with van der Waals surface area (Å²) in [6, 6.07) is 13.4. The van der Waals surface area contributed by atoms with Crippen molar-refractivity contribution in [1.82, 2.24) is 4.90 Å². The van der Waals surface area contributed by atoms with Gasteiger partial charge in [-0.25, -0.2) is 0 Å². The zero-order chi connectivity index (χ0) is 23.3. The van der Waals surface area contributed by atoms with Gasteiger partial charge in [0.25, 0.3) is 0 Å². The van der Waals surface area contributed by atoms with Crippen molar-refractivity contribution in [1.29, 1.82) is 0 Å². The number of methoxy groups -OCH3 is 1. The van der Waals surface area contributed by atoms with E-state index in [9.17, 15) is 14.4 Å². The van der Waals surface area contributed by atoms with Crippen molar-refractivity contribution in [3.05, 3.63) is 70.8 Å². The quantitative estimate of drug-likeness (QED) is 0.369. The Morgan fingerprint density at radius 1 is 1.03 bits per heavy atom. The molecule has 7 heteroatoms. The van der Waals surface area contributed by atoms with Gasteiger partial charge in [-0.1, -0.05) is 35.9 Å². The molecule has 0 radical (unpaired) electrons. The van der Waals surface area contributed by atoms with Crippen LogP contribution in [0.2, 0.25) is 5.02 Å². The summed E-state index contributed by atoms with van der Waals surface area (Å²) in [4.78, 5) is 44.3. The van der Waals surface area contributed by atoms with Crippen molar-refractivity contribution < 1.29 is 19.1 Å². The first-order chi connectivity index (χ1) is 15.9. The number of carbonyl (C=O) groups excluding carboxylic acids is 3. The summed E-state index contributed by atoms with van der Waals surface area (Å²) in [6.45, 7) is 2.77. The third kappa shape index (κ3) is 3.40. The molecular formula is C26H25ClN2O4. The molecule has 2 fully saturated rings. The van der Waals surface area contributed by atoms with Crippen LogP contribution in [0.4, 0.5) is 5.69 Å². The van der Waals surface area contributed by atoms with E-state index in [4.69, 9.17) is 16.3 Å². The number of carbonyl (C=O) groups is 3. The van der Waals surface area contributed by atoms with Crippen molar-refractivity contribution in [2.45, 2.75) is 25.4 Å². The molecule has 0 aliphatic carbocycles. The Morgan fingerprint density at radius 2 is 1.73 bits per heavy atom. The Morgan fingerprint density at radius 3 is 2.45 bits per heavy atom. The second-order valence-electron chi connectivity index (χ2n) is 8.81. The molecule has 0 unspecified atom stereocenters. The number of nitrogens with zero attached hydrogens (tertiary/aromatic N) is 2. The molecule has 170 valence electrons. The van der Waals surface area contributed by atoms with Crippen LogP contribution in [-0.2, 0) is 14.3 Å². The van der Waals surface area contributed by atoms with Gasteiger partial charge < -0.3 is 9.64 Å². The number of fused-ring (bicyclic) bond motifs is 5. The van der Waals surface area contributed by atoms with Gasteiger partial charge in [-0.3, -0.25) is 19.3 Å². The number of benzene rings is 2. The second-order valence-corrected chi connectivity index (χ2v) is 9.24. The van der Waals surface area contributed by atoms with E-state index in [0.29, 0.717) is 30.2 Å². The van der Waals surface area contributed by atoms with Gasteiger partial charge in [-0.2, -0.15) is 0 Å². The number of rotatable bonds is 6. The molecule has 33 heavy (non-hydrogen) atoms. The zero-order valence-corrected chi connectivity index (χ0v) is 19.3. The average molecular weight is 465 g/mol. The van der Waals surface area contributed by atoms with Crippen molar-refractivity contribution in [2.24, 2.45) is 11.8 Å². The third-order valence-electron chi connectivity index (χ3n) is 6.97. The fraction of sp³-hybridized carbons (Fsp3) is 0.346. The van der Waals surface area contributed by atoms with E-state index in [1.54, 1.807) is 31.4 Å². The molecule has 2 aromatic carbocycles. The Bertz CT molecular complexity index is 1160. The van der Waals surface area contributed by atoms with Gasteiger partial charge in [-0.05, 0) is 49.2 Å². The maximum Gasteiger partial charge on any atom is 0.235 e. The summed E-state index contributed by atoms with van der Waals surface area (Å²) < 4.78 is 5.10. The predicted octanol–water partition coefficient (Wildman–Crippen LogP) is 3.83. The van der Waals surface area contributed by atoms with Crippen LogP contribution in [0.25, 0.3) is 5.57 Å². The minimum atomic E-state index is -0.768. The van der Waals surface area contributed by atoms with Gasteiger partial charge in [0.05, 0.1) is 17.9 Å². The lowest BCUT2D eigenvalue weighted by molar-refractivity contribution is -0.140. The van der Waals surface area contributed by atoms with E-state index < -0.39 is 17.9 Å². The molecular weight excluding hydrogens is 440 g/mol. The molecule has 2 saturated heterocycles. The fourth-order valence-corrected chi connectivity index (χ4v) is 5.66. The molecule has 0 N–H and O–H groups in total. The lowest BCUT2D eigenvalue weighted by Gasteiger charge is -2.38. The lowest BCUT2D eigenvalue weighted by Crippen LogP contribution is -2.49. The van der Waals surface area contributed by atoms with E-state index in [-0.39, 0.29) is 23.6 Å². The van der Waals surface area contributed by atoms with Gasteiger partial charge in [0.2, 0.25) is 11.8 Å². The first-order valence-electron chi connectivity index (χ1n) is 11.1. The van der Waals surface area contributed by atoms with Crippen LogP contribution in [0.1, 0.15) is 29.3 Å². The molecule has 4 atom stereocenters. The van der Waals surface area contributed by atoms with Crippen molar-refractivity contribution in [2.75, 3.05) is 25.2 Å². The SMILES string of the molecule is COCCCN1C(=O)[C@@H]2[C@H](C1=O)[C@H]1C=C(C)c3ccccc3N1[C@H]2C(=O)c1ccc(Cl)cc1. The number of likely N-dealkylation sites (tertiary alicyclic amines) is 1. The van der Waals surface area contributed by atoms with Crippen LogP contribution >= 0.6 is 11.6 Å². The van der Waals surface area contributed by atoms with Crippen LogP contribution in [0.5, 0.6) is 0 Å². The Balaban J connectivity index is 1.61.